The first kappa shape index (κ1) is 28.3. The van der Waals surface area contributed by atoms with Crippen molar-refractivity contribution in [3.8, 4) is 5.75 Å². The molecule has 0 saturated carbocycles. The van der Waals surface area contributed by atoms with Crippen molar-refractivity contribution in [1.29, 1.82) is 0 Å². The standard InChI is InChI=1S/C30H38N2O4S/c1-19(2)27-17-28(23(6)16-29(27)36-8)24(7)31-30(33)18-32(25-12-11-21(4)22(5)15-25)37(34,35)26-13-9-20(3)10-14-26/h9-17,19,24H,18H2,1-8H3,(H,31,33). The Bertz CT molecular complexity index is 1380. The third-order valence-corrected chi connectivity index (χ3v) is 8.55. The average molecular weight is 523 g/mol. The van der Waals surface area contributed by atoms with Crippen LogP contribution in [-0.2, 0) is 14.8 Å². The van der Waals surface area contributed by atoms with E-state index in [-0.39, 0.29) is 29.3 Å². The first-order valence-electron chi connectivity index (χ1n) is 12.5. The van der Waals surface area contributed by atoms with Crippen LogP contribution in [0.15, 0.2) is 59.5 Å². The number of hydrogen-bond donors (Lipinski definition) is 1. The van der Waals surface area contributed by atoms with Gasteiger partial charge in [0.25, 0.3) is 10.0 Å². The van der Waals surface area contributed by atoms with Crippen LogP contribution in [0.25, 0.3) is 0 Å². The lowest BCUT2D eigenvalue weighted by molar-refractivity contribution is -0.120. The highest BCUT2D eigenvalue weighted by molar-refractivity contribution is 7.92. The van der Waals surface area contributed by atoms with Gasteiger partial charge in [0, 0.05) is 0 Å². The van der Waals surface area contributed by atoms with E-state index in [1.807, 2.05) is 46.8 Å². The number of rotatable bonds is 9. The van der Waals surface area contributed by atoms with E-state index in [9.17, 15) is 13.2 Å². The minimum atomic E-state index is -3.98. The maximum atomic E-state index is 13.7. The zero-order chi connectivity index (χ0) is 27.5. The molecule has 37 heavy (non-hydrogen) atoms. The molecule has 0 spiro atoms. The van der Waals surface area contributed by atoms with Gasteiger partial charge in [-0.25, -0.2) is 8.42 Å². The van der Waals surface area contributed by atoms with Gasteiger partial charge in [0.2, 0.25) is 5.91 Å². The number of nitrogens with one attached hydrogen (secondary N) is 1. The topological polar surface area (TPSA) is 75.7 Å². The van der Waals surface area contributed by atoms with Crippen LogP contribution in [0.1, 0.15) is 66.1 Å². The molecule has 0 aliphatic rings. The second-order valence-corrected chi connectivity index (χ2v) is 11.9. The fraction of sp³-hybridized carbons (Fsp3) is 0.367. The summed E-state index contributed by atoms with van der Waals surface area (Å²) in [4.78, 5) is 13.4. The van der Waals surface area contributed by atoms with Gasteiger partial charge in [-0.2, -0.15) is 0 Å². The summed E-state index contributed by atoms with van der Waals surface area (Å²) < 4.78 is 34.2. The molecule has 0 heterocycles. The van der Waals surface area contributed by atoms with Crippen molar-refractivity contribution in [2.24, 2.45) is 0 Å². The molecule has 1 amide bonds. The Morgan fingerprint density at radius 3 is 2.08 bits per heavy atom. The van der Waals surface area contributed by atoms with Gasteiger partial charge in [-0.3, -0.25) is 9.10 Å². The van der Waals surface area contributed by atoms with E-state index in [0.29, 0.717) is 5.69 Å². The molecule has 6 nitrogen and oxygen atoms in total. The van der Waals surface area contributed by atoms with E-state index < -0.39 is 10.0 Å². The number of amides is 1. The summed E-state index contributed by atoms with van der Waals surface area (Å²) in [5.74, 6) is 0.680. The molecule has 3 aromatic carbocycles. The van der Waals surface area contributed by atoms with E-state index in [4.69, 9.17) is 4.74 Å². The van der Waals surface area contributed by atoms with Crippen LogP contribution in [0.4, 0.5) is 5.69 Å². The van der Waals surface area contributed by atoms with Gasteiger partial charge in [0.15, 0.2) is 0 Å². The van der Waals surface area contributed by atoms with Crippen molar-refractivity contribution < 1.29 is 17.9 Å². The van der Waals surface area contributed by atoms with E-state index in [1.165, 1.54) is 4.31 Å². The summed E-state index contributed by atoms with van der Waals surface area (Å²) in [6.07, 6.45) is 0. The predicted molar refractivity (Wildman–Crippen MR) is 150 cm³/mol. The maximum absolute atomic E-state index is 13.7. The minimum absolute atomic E-state index is 0.143. The number of carbonyl (C=O) groups is 1. The Balaban J connectivity index is 1.94. The number of hydrogen-bond acceptors (Lipinski definition) is 4. The number of aryl methyl sites for hydroxylation is 4. The number of sulfonamides is 1. The van der Waals surface area contributed by atoms with Gasteiger partial charge in [-0.15, -0.1) is 0 Å². The van der Waals surface area contributed by atoms with E-state index in [1.54, 1.807) is 43.5 Å². The minimum Gasteiger partial charge on any atom is -0.496 e. The van der Waals surface area contributed by atoms with Crippen molar-refractivity contribution >= 4 is 21.6 Å². The van der Waals surface area contributed by atoms with Crippen LogP contribution in [0.3, 0.4) is 0 Å². The summed E-state index contributed by atoms with van der Waals surface area (Å²) in [7, 11) is -2.32. The quantitative estimate of drug-likeness (QED) is 0.367. The number of carbonyl (C=O) groups excluding carboxylic acids is 1. The Morgan fingerprint density at radius 2 is 1.51 bits per heavy atom. The van der Waals surface area contributed by atoms with Crippen LogP contribution in [0, 0.1) is 27.7 Å². The largest absolute Gasteiger partial charge is 0.496 e. The molecule has 1 unspecified atom stereocenters. The van der Waals surface area contributed by atoms with Gasteiger partial charge in [-0.1, -0.05) is 37.6 Å². The highest BCUT2D eigenvalue weighted by Crippen LogP contribution is 2.32. The molecule has 0 aromatic heterocycles. The molecule has 3 aromatic rings. The van der Waals surface area contributed by atoms with Gasteiger partial charge in [0.05, 0.1) is 23.7 Å². The first-order chi connectivity index (χ1) is 17.3. The monoisotopic (exact) mass is 522 g/mol. The van der Waals surface area contributed by atoms with Gasteiger partial charge >= 0.3 is 0 Å². The average Bonchev–Trinajstić information content (AvgIpc) is 2.84. The first-order valence-corrected chi connectivity index (χ1v) is 13.9. The molecule has 0 bridgehead atoms. The van der Waals surface area contributed by atoms with Gasteiger partial charge in [0.1, 0.15) is 12.3 Å². The fourth-order valence-corrected chi connectivity index (χ4v) is 5.75. The summed E-state index contributed by atoms with van der Waals surface area (Å²) in [5.41, 5.74) is 6.43. The van der Waals surface area contributed by atoms with Crippen LogP contribution in [-0.4, -0.2) is 28.0 Å². The van der Waals surface area contributed by atoms with E-state index in [0.717, 1.165) is 39.1 Å². The van der Waals surface area contributed by atoms with E-state index >= 15 is 0 Å². The molecule has 1 N–H and O–H groups in total. The molecule has 1 atom stereocenters. The lowest BCUT2D eigenvalue weighted by atomic mass is 9.93. The molecule has 0 saturated heterocycles. The van der Waals surface area contributed by atoms with Crippen LogP contribution < -0.4 is 14.4 Å². The molecule has 7 heteroatoms. The van der Waals surface area contributed by atoms with Crippen LogP contribution >= 0.6 is 0 Å². The Kier molecular flexibility index (Phi) is 8.69. The maximum Gasteiger partial charge on any atom is 0.264 e. The second kappa shape index (κ2) is 11.4. The fourth-order valence-electron chi connectivity index (χ4n) is 4.34. The van der Waals surface area contributed by atoms with Gasteiger partial charge in [-0.05, 0) is 105 Å². The molecule has 198 valence electrons. The van der Waals surface area contributed by atoms with Gasteiger partial charge < -0.3 is 10.1 Å². The lowest BCUT2D eigenvalue weighted by Crippen LogP contribution is -2.41. The van der Waals surface area contributed by atoms with E-state index in [2.05, 4.69) is 25.2 Å². The van der Waals surface area contributed by atoms with Crippen molar-refractivity contribution in [2.75, 3.05) is 18.0 Å². The number of ether oxygens (including phenoxy) is 1. The Labute approximate surface area is 221 Å². The molecule has 0 fully saturated rings. The number of methoxy groups -OCH3 is 1. The molecule has 0 aliphatic heterocycles. The van der Waals surface area contributed by atoms with Crippen LogP contribution in [0.5, 0.6) is 5.75 Å². The number of anilines is 1. The summed E-state index contributed by atoms with van der Waals surface area (Å²) >= 11 is 0. The van der Waals surface area contributed by atoms with Crippen molar-refractivity contribution in [1.82, 2.24) is 5.32 Å². The molecular formula is C30H38N2O4S. The second-order valence-electron chi connectivity index (χ2n) is 9.99. The highest BCUT2D eigenvalue weighted by Gasteiger charge is 2.28. The highest BCUT2D eigenvalue weighted by atomic mass is 32.2. The number of benzene rings is 3. The third kappa shape index (κ3) is 6.34. The van der Waals surface area contributed by atoms with Crippen molar-refractivity contribution in [3.05, 3.63) is 88.0 Å². The molecule has 0 aliphatic carbocycles. The lowest BCUT2D eigenvalue weighted by Gasteiger charge is -2.26. The predicted octanol–water partition coefficient (Wildman–Crippen LogP) is 6.12. The summed E-state index contributed by atoms with van der Waals surface area (Å²) in [6.45, 7) is 13.5. The van der Waals surface area contributed by atoms with Crippen LogP contribution in [0.2, 0.25) is 0 Å². The van der Waals surface area contributed by atoms with Crippen molar-refractivity contribution in [2.45, 2.75) is 65.3 Å². The molecular weight excluding hydrogens is 484 g/mol. The Morgan fingerprint density at radius 1 is 0.865 bits per heavy atom. The molecule has 3 rings (SSSR count). The third-order valence-electron chi connectivity index (χ3n) is 6.76. The number of nitrogens with zero attached hydrogens (tertiary/aromatic N) is 1. The SMILES string of the molecule is COc1cc(C)c(C(C)NC(=O)CN(c2ccc(C)c(C)c2)S(=O)(=O)c2ccc(C)cc2)cc1C(C)C. The van der Waals surface area contributed by atoms with Crippen molar-refractivity contribution in [3.63, 3.8) is 0 Å². The smallest absolute Gasteiger partial charge is 0.264 e. The zero-order valence-electron chi connectivity index (χ0n) is 23.0. The zero-order valence-corrected chi connectivity index (χ0v) is 23.9. The normalized spacial score (nSPS) is 12.4. The Hall–Kier alpha value is -3.32. The molecule has 0 radical (unpaired) electrons. The summed E-state index contributed by atoms with van der Waals surface area (Å²) in [5, 5.41) is 3.01. The summed E-state index contributed by atoms with van der Waals surface area (Å²) in [6, 6.07) is 15.8.